The third-order valence-electron chi connectivity index (χ3n) is 2.67. The predicted molar refractivity (Wildman–Crippen MR) is 85.4 cm³/mol. The van der Waals surface area contributed by atoms with E-state index in [1.165, 1.54) is 0 Å². The lowest BCUT2D eigenvalue weighted by Crippen LogP contribution is -2.22. The van der Waals surface area contributed by atoms with Crippen molar-refractivity contribution in [3.8, 4) is 11.5 Å². The Morgan fingerprint density at radius 2 is 2.10 bits per heavy atom. The highest BCUT2D eigenvalue weighted by molar-refractivity contribution is 9.10. The van der Waals surface area contributed by atoms with Crippen LogP contribution in [0.3, 0.4) is 0 Å². The van der Waals surface area contributed by atoms with Gasteiger partial charge in [0.15, 0.2) is 0 Å². The smallest absolute Gasteiger partial charge is 0.146 e. The standard InChI is InChI=1S/C15H16BrClN2O/c1-10(2)19-9-11-8-18-6-5-14(11)20-15-4-3-12(16)7-13(15)17/h3-8,10,19H,9H2,1-2H3. The molecule has 1 aromatic carbocycles. The van der Waals surface area contributed by atoms with Gasteiger partial charge in [0.25, 0.3) is 0 Å². The van der Waals surface area contributed by atoms with Gasteiger partial charge in [-0.2, -0.15) is 0 Å². The molecule has 1 aromatic heterocycles. The van der Waals surface area contributed by atoms with E-state index in [2.05, 4.69) is 40.1 Å². The molecule has 0 spiro atoms. The van der Waals surface area contributed by atoms with Gasteiger partial charge in [-0.25, -0.2) is 0 Å². The molecule has 2 rings (SSSR count). The van der Waals surface area contributed by atoms with Crippen molar-refractivity contribution in [3.05, 3.63) is 51.7 Å². The van der Waals surface area contributed by atoms with Crippen molar-refractivity contribution in [2.45, 2.75) is 26.4 Å². The Hall–Kier alpha value is -1.10. The van der Waals surface area contributed by atoms with Crippen molar-refractivity contribution >= 4 is 27.5 Å². The zero-order chi connectivity index (χ0) is 14.5. The fraction of sp³-hybridized carbons (Fsp3) is 0.267. The summed E-state index contributed by atoms with van der Waals surface area (Å²) >= 11 is 9.55. The van der Waals surface area contributed by atoms with Crippen LogP contribution in [0.25, 0.3) is 0 Å². The molecule has 0 fully saturated rings. The van der Waals surface area contributed by atoms with Crippen LogP contribution in [0.4, 0.5) is 0 Å². The fourth-order valence-electron chi connectivity index (χ4n) is 1.64. The number of aromatic nitrogens is 1. The number of halogens is 2. The minimum absolute atomic E-state index is 0.402. The minimum Gasteiger partial charge on any atom is -0.455 e. The molecule has 0 bridgehead atoms. The molecule has 0 aliphatic rings. The van der Waals surface area contributed by atoms with Crippen LogP contribution in [0.2, 0.25) is 5.02 Å². The number of ether oxygens (including phenoxy) is 1. The van der Waals surface area contributed by atoms with Gasteiger partial charge in [0.2, 0.25) is 0 Å². The zero-order valence-electron chi connectivity index (χ0n) is 11.4. The molecule has 0 aliphatic carbocycles. The van der Waals surface area contributed by atoms with Crippen LogP contribution in [-0.2, 0) is 6.54 Å². The van der Waals surface area contributed by atoms with Crippen molar-refractivity contribution in [2.75, 3.05) is 0 Å². The van der Waals surface area contributed by atoms with Crippen LogP contribution < -0.4 is 10.1 Å². The summed E-state index contributed by atoms with van der Waals surface area (Å²) in [7, 11) is 0. The molecule has 0 radical (unpaired) electrons. The molecule has 0 aliphatic heterocycles. The van der Waals surface area contributed by atoms with Gasteiger partial charge in [0, 0.05) is 35.0 Å². The summed E-state index contributed by atoms with van der Waals surface area (Å²) in [5, 5.41) is 3.92. The topological polar surface area (TPSA) is 34.2 Å². The van der Waals surface area contributed by atoms with E-state index in [9.17, 15) is 0 Å². The van der Waals surface area contributed by atoms with Gasteiger partial charge in [-0.15, -0.1) is 0 Å². The summed E-state index contributed by atoms with van der Waals surface area (Å²) in [6.07, 6.45) is 3.51. The van der Waals surface area contributed by atoms with Crippen molar-refractivity contribution in [3.63, 3.8) is 0 Å². The highest BCUT2D eigenvalue weighted by Crippen LogP contribution is 2.32. The zero-order valence-corrected chi connectivity index (χ0v) is 13.7. The second-order valence-electron chi connectivity index (χ2n) is 4.70. The Kier molecular flexibility index (Phi) is 5.40. The second kappa shape index (κ2) is 7.07. The average molecular weight is 356 g/mol. The van der Waals surface area contributed by atoms with Gasteiger partial charge in [0.1, 0.15) is 11.5 Å². The van der Waals surface area contributed by atoms with Crippen LogP contribution >= 0.6 is 27.5 Å². The number of benzene rings is 1. The Balaban J connectivity index is 2.20. The first kappa shape index (κ1) is 15.3. The Morgan fingerprint density at radius 3 is 2.80 bits per heavy atom. The van der Waals surface area contributed by atoms with Crippen molar-refractivity contribution in [1.29, 1.82) is 0 Å². The lowest BCUT2D eigenvalue weighted by Gasteiger charge is -2.13. The highest BCUT2D eigenvalue weighted by Gasteiger charge is 2.08. The quantitative estimate of drug-likeness (QED) is 0.837. The van der Waals surface area contributed by atoms with Gasteiger partial charge in [-0.05, 0) is 24.3 Å². The fourth-order valence-corrected chi connectivity index (χ4v) is 2.35. The first-order valence-corrected chi connectivity index (χ1v) is 7.52. The summed E-state index contributed by atoms with van der Waals surface area (Å²) in [5.41, 5.74) is 1.00. The third-order valence-corrected chi connectivity index (χ3v) is 3.46. The van der Waals surface area contributed by atoms with Crippen LogP contribution in [-0.4, -0.2) is 11.0 Å². The number of rotatable bonds is 5. The SMILES string of the molecule is CC(C)NCc1cnccc1Oc1ccc(Br)cc1Cl. The van der Waals surface area contributed by atoms with E-state index in [-0.39, 0.29) is 0 Å². The molecule has 3 nitrogen and oxygen atoms in total. The summed E-state index contributed by atoms with van der Waals surface area (Å²) in [6, 6.07) is 7.79. The Bertz CT molecular complexity index is 590. The Morgan fingerprint density at radius 1 is 1.30 bits per heavy atom. The molecule has 0 saturated heterocycles. The van der Waals surface area contributed by atoms with Gasteiger partial charge in [0.05, 0.1) is 5.02 Å². The van der Waals surface area contributed by atoms with E-state index >= 15 is 0 Å². The number of nitrogens with zero attached hydrogens (tertiary/aromatic N) is 1. The van der Waals surface area contributed by atoms with Crippen molar-refractivity contribution in [2.24, 2.45) is 0 Å². The second-order valence-corrected chi connectivity index (χ2v) is 6.02. The number of hydrogen-bond donors (Lipinski definition) is 1. The highest BCUT2D eigenvalue weighted by atomic mass is 79.9. The Labute approximate surface area is 132 Å². The van der Waals surface area contributed by atoms with Gasteiger partial charge >= 0.3 is 0 Å². The molecule has 0 atom stereocenters. The molecule has 1 N–H and O–H groups in total. The maximum Gasteiger partial charge on any atom is 0.146 e. The molecule has 0 saturated carbocycles. The molecule has 2 aromatic rings. The molecule has 0 unspecified atom stereocenters. The first-order valence-electron chi connectivity index (χ1n) is 6.35. The molecule has 5 heteroatoms. The lowest BCUT2D eigenvalue weighted by atomic mass is 10.2. The number of hydrogen-bond acceptors (Lipinski definition) is 3. The molecule has 1 heterocycles. The largest absolute Gasteiger partial charge is 0.455 e. The van der Waals surface area contributed by atoms with E-state index in [1.54, 1.807) is 12.4 Å². The molecular weight excluding hydrogens is 340 g/mol. The van der Waals surface area contributed by atoms with Gasteiger partial charge in [-0.1, -0.05) is 41.4 Å². The van der Waals surface area contributed by atoms with E-state index in [1.807, 2.05) is 24.3 Å². The van der Waals surface area contributed by atoms with Gasteiger partial charge in [-0.3, -0.25) is 4.98 Å². The van der Waals surface area contributed by atoms with Crippen LogP contribution in [0.1, 0.15) is 19.4 Å². The number of nitrogens with one attached hydrogen (secondary N) is 1. The van der Waals surface area contributed by atoms with Crippen molar-refractivity contribution in [1.82, 2.24) is 10.3 Å². The summed E-state index contributed by atoms with van der Waals surface area (Å²) in [5.74, 6) is 1.39. The minimum atomic E-state index is 0.402. The van der Waals surface area contributed by atoms with Crippen LogP contribution in [0, 0.1) is 0 Å². The predicted octanol–water partition coefficient (Wildman–Crippen LogP) is 4.79. The van der Waals surface area contributed by atoms with Crippen molar-refractivity contribution < 1.29 is 4.74 Å². The van der Waals surface area contributed by atoms with E-state index in [0.717, 1.165) is 15.8 Å². The molecule has 0 amide bonds. The lowest BCUT2D eigenvalue weighted by molar-refractivity contribution is 0.468. The molecule has 20 heavy (non-hydrogen) atoms. The summed E-state index contributed by atoms with van der Waals surface area (Å²) < 4.78 is 6.82. The summed E-state index contributed by atoms with van der Waals surface area (Å²) in [6.45, 7) is 4.90. The molecular formula is C15H16BrClN2O. The summed E-state index contributed by atoms with van der Waals surface area (Å²) in [4.78, 5) is 4.14. The third kappa shape index (κ3) is 4.20. The average Bonchev–Trinajstić information content (AvgIpc) is 2.41. The first-order chi connectivity index (χ1) is 9.56. The maximum atomic E-state index is 6.17. The maximum absolute atomic E-state index is 6.17. The van der Waals surface area contributed by atoms with E-state index in [0.29, 0.717) is 23.4 Å². The number of pyridine rings is 1. The van der Waals surface area contributed by atoms with Crippen LogP contribution in [0.15, 0.2) is 41.1 Å². The monoisotopic (exact) mass is 354 g/mol. The van der Waals surface area contributed by atoms with Gasteiger partial charge < -0.3 is 10.1 Å². The van der Waals surface area contributed by atoms with E-state index in [4.69, 9.17) is 16.3 Å². The molecule has 106 valence electrons. The van der Waals surface area contributed by atoms with Crippen LogP contribution in [0.5, 0.6) is 11.5 Å². The normalized spacial score (nSPS) is 10.8. The van der Waals surface area contributed by atoms with E-state index < -0.39 is 0 Å².